The van der Waals surface area contributed by atoms with Gasteiger partial charge in [0, 0.05) is 24.8 Å². The van der Waals surface area contributed by atoms with Gasteiger partial charge in [-0.15, -0.1) is 0 Å². The maximum atomic E-state index is 3.54. The lowest BCUT2D eigenvalue weighted by molar-refractivity contribution is 0.208. The molecule has 1 aliphatic heterocycles. The van der Waals surface area contributed by atoms with Gasteiger partial charge in [-0.1, -0.05) is 31.9 Å². The first kappa shape index (κ1) is 15.4. The fourth-order valence-electron chi connectivity index (χ4n) is 3.04. The van der Waals surface area contributed by atoms with Crippen molar-refractivity contribution in [3.63, 3.8) is 0 Å². The van der Waals surface area contributed by atoms with Gasteiger partial charge in [-0.2, -0.15) is 0 Å². The number of benzene rings is 1. The zero-order chi connectivity index (χ0) is 14.4. The Hall–Kier alpha value is -1.02. The summed E-state index contributed by atoms with van der Waals surface area (Å²) in [5.74, 6) is 0. The zero-order valence-electron chi connectivity index (χ0n) is 13.4. The van der Waals surface area contributed by atoms with Crippen molar-refractivity contribution in [3.05, 3.63) is 29.3 Å². The summed E-state index contributed by atoms with van der Waals surface area (Å²) in [7, 11) is 0. The third-order valence-electron chi connectivity index (χ3n) is 4.34. The molecular formula is C18H30N2. The molecule has 112 valence electrons. The summed E-state index contributed by atoms with van der Waals surface area (Å²) in [4.78, 5) is 2.62. The summed E-state index contributed by atoms with van der Waals surface area (Å²) in [6, 6.07) is 7.38. The molecule has 0 spiro atoms. The van der Waals surface area contributed by atoms with Gasteiger partial charge in [0.25, 0.3) is 0 Å². The van der Waals surface area contributed by atoms with Crippen LogP contribution in [0, 0.1) is 0 Å². The van der Waals surface area contributed by atoms with Crippen molar-refractivity contribution in [2.75, 3.05) is 18.4 Å². The van der Waals surface area contributed by atoms with Crippen molar-refractivity contribution >= 4 is 5.69 Å². The predicted molar refractivity (Wildman–Crippen MR) is 88.3 cm³/mol. The normalized spacial score (nSPS) is 14.4. The first-order valence-electron chi connectivity index (χ1n) is 8.31. The van der Waals surface area contributed by atoms with E-state index in [1.807, 2.05) is 0 Å². The number of anilines is 1. The quantitative estimate of drug-likeness (QED) is 0.739. The van der Waals surface area contributed by atoms with E-state index in [1.165, 1.54) is 49.9 Å². The maximum absolute atomic E-state index is 3.54. The van der Waals surface area contributed by atoms with E-state index in [0.29, 0.717) is 6.04 Å². The number of hydrogen-bond donors (Lipinski definition) is 1. The van der Waals surface area contributed by atoms with Crippen LogP contribution in [0.4, 0.5) is 5.69 Å². The van der Waals surface area contributed by atoms with Crippen LogP contribution in [0.25, 0.3) is 0 Å². The molecule has 1 heterocycles. The third-order valence-corrected chi connectivity index (χ3v) is 4.34. The predicted octanol–water partition coefficient (Wildman–Crippen LogP) is 4.45. The lowest BCUT2D eigenvalue weighted by atomic mass is 9.97. The van der Waals surface area contributed by atoms with Gasteiger partial charge in [0.2, 0.25) is 0 Å². The van der Waals surface area contributed by atoms with Crippen LogP contribution >= 0.6 is 0 Å². The van der Waals surface area contributed by atoms with E-state index in [9.17, 15) is 0 Å². The monoisotopic (exact) mass is 274 g/mol. The van der Waals surface area contributed by atoms with Crippen molar-refractivity contribution < 1.29 is 0 Å². The minimum absolute atomic E-state index is 0.624. The number of rotatable bonds is 7. The summed E-state index contributed by atoms with van der Waals surface area (Å²) < 4.78 is 0. The number of hydrogen-bond acceptors (Lipinski definition) is 2. The van der Waals surface area contributed by atoms with Crippen molar-refractivity contribution in [3.8, 4) is 0 Å². The van der Waals surface area contributed by atoms with Gasteiger partial charge in [-0.05, 0) is 56.8 Å². The molecule has 0 fully saturated rings. The van der Waals surface area contributed by atoms with E-state index in [2.05, 4.69) is 49.2 Å². The average Bonchev–Trinajstić information content (AvgIpc) is 2.46. The highest BCUT2D eigenvalue weighted by Gasteiger charge is 2.16. The van der Waals surface area contributed by atoms with Crippen LogP contribution in [0.2, 0.25) is 0 Å². The van der Waals surface area contributed by atoms with Crippen LogP contribution in [0.5, 0.6) is 0 Å². The summed E-state index contributed by atoms with van der Waals surface area (Å²) >= 11 is 0. The Bertz CT molecular complexity index is 412. The lowest BCUT2D eigenvalue weighted by Crippen LogP contribution is -2.32. The summed E-state index contributed by atoms with van der Waals surface area (Å²) in [6.45, 7) is 10.4. The van der Waals surface area contributed by atoms with E-state index in [4.69, 9.17) is 0 Å². The number of unbranched alkanes of at least 4 members (excludes halogenated alkanes) is 2. The second-order valence-electron chi connectivity index (χ2n) is 6.24. The number of fused-ring (bicyclic) bond motifs is 1. The molecular weight excluding hydrogens is 244 g/mol. The molecule has 0 atom stereocenters. The van der Waals surface area contributed by atoms with Gasteiger partial charge in [0.15, 0.2) is 0 Å². The Kier molecular flexibility index (Phi) is 5.90. The van der Waals surface area contributed by atoms with Gasteiger partial charge in [0.1, 0.15) is 0 Å². The van der Waals surface area contributed by atoms with Crippen molar-refractivity contribution in [1.82, 2.24) is 4.90 Å². The Morgan fingerprint density at radius 2 is 2.10 bits per heavy atom. The van der Waals surface area contributed by atoms with Gasteiger partial charge >= 0.3 is 0 Å². The topological polar surface area (TPSA) is 15.3 Å². The van der Waals surface area contributed by atoms with Crippen molar-refractivity contribution in [2.45, 2.75) is 65.5 Å². The van der Waals surface area contributed by atoms with Crippen LogP contribution in [-0.4, -0.2) is 24.0 Å². The van der Waals surface area contributed by atoms with E-state index in [-0.39, 0.29) is 0 Å². The van der Waals surface area contributed by atoms with Gasteiger partial charge in [0.05, 0.1) is 0 Å². The highest BCUT2D eigenvalue weighted by molar-refractivity contribution is 5.56. The average molecular weight is 274 g/mol. The lowest BCUT2D eigenvalue weighted by Gasteiger charge is -2.29. The highest BCUT2D eigenvalue weighted by Crippen LogP contribution is 2.26. The third kappa shape index (κ3) is 3.99. The van der Waals surface area contributed by atoms with Gasteiger partial charge in [-0.3, -0.25) is 4.90 Å². The molecule has 1 aromatic rings. The molecule has 20 heavy (non-hydrogen) atoms. The first-order valence-corrected chi connectivity index (χ1v) is 8.31. The highest BCUT2D eigenvalue weighted by atomic mass is 15.1. The standard InChI is InChI=1S/C18H30N2/c1-4-5-6-13-20(15(2)3)14-16-9-7-11-18-17(16)10-8-12-19-18/h7,9,11,15,19H,4-6,8,10,12-14H2,1-3H3. The van der Waals surface area contributed by atoms with E-state index >= 15 is 0 Å². The minimum Gasteiger partial charge on any atom is -0.385 e. The van der Waals surface area contributed by atoms with Crippen molar-refractivity contribution in [2.24, 2.45) is 0 Å². The first-order chi connectivity index (χ1) is 9.72. The van der Waals surface area contributed by atoms with E-state index < -0.39 is 0 Å². The molecule has 2 rings (SSSR count). The second kappa shape index (κ2) is 7.68. The number of nitrogens with zero attached hydrogens (tertiary/aromatic N) is 1. The second-order valence-corrected chi connectivity index (χ2v) is 6.24. The fraction of sp³-hybridized carbons (Fsp3) is 0.667. The molecule has 0 bridgehead atoms. The van der Waals surface area contributed by atoms with Crippen LogP contribution in [-0.2, 0) is 13.0 Å². The zero-order valence-corrected chi connectivity index (χ0v) is 13.4. The number of nitrogens with one attached hydrogen (secondary N) is 1. The van der Waals surface area contributed by atoms with Crippen LogP contribution < -0.4 is 5.32 Å². The molecule has 1 aliphatic rings. The molecule has 0 unspecified atom stereocenters. The Morgan fingerprint density at radius 3 is 2.85 bits per heavy atom. The van der Waals surface area contributed by atoms with E-state index in [0.717, 1.165) is 13.1 Å². The summed E-state index contributed by atoms with van der Waals surface area (Å²) in [5, 5.41) is 3.54. The molecule has 0 aromatic heterocycles. The Labute approximate surface area is 124 Å². The molecule has 0 saturated heterocycles. The van der Waals surface area contributed by atoms with E-state index in [1.54, 1.807) is 5.56 Å². The molecule has 1 N–H and O–H groups in total. The molecule has 2 heteroatoms. The van der Waals surface area contributed by atoms with Gasteiger partial charge in [-0.25, -0.2) is 0 Å². The van der Waals surface area contributed by atoms with Crippen LogP contribution in [0.3, 0.4) is 0 Å². The molecule has 0 amide bonds. The fourth-order valence-corrected chi connectivity index (χ4v) is 3.04. The Balaban J connectivity index is 2.06. The largest absolute Gasteiger partial charge is 0.385 e. The molecule has 0 radical (unpaired) electrons. The summed E-state index contributed by atoms with van der Waals surface area (Å²) in [6.07, 6.45) is 6.47. The SMILES string of the molecule is CCCCCN(Cc1cccc2c1CCCN2)C(C)C. The molecule has 0 saturated carbocycles. The minimum atomic E-state index is 0.624. The smallest absolute Gasteiger partial charge is 0.0375 e. The van der Waals surface area contributed by atoms with Gasteiger partial charge < -0.3 is 5.32 Å². The molecule has 0 aliphatic carbocycles. The van der Waals surface area contributed by atoms with Crippen molar-refractivity contribution in [1.29, 1.82) is 0 Å². The Morgan fingerprint density at radius 1 is 1.25 bits per heavy atom. The summed E-state index contributed by atoms with van der Waals surface area (Å²) in [5.41, 5.74) is 4.45. The molecule has 1 aromatic carbocycles. The van der Waals surface area contributed by atoms with Crippen LogP contribution in [0.1, 0.15) is 57.6 Å². The molecule has 2 nitrogen and oxygen atoms in total. The maximum Gasteiger partial charge on any atom is 0.0375 e. The van der Waals surface area contributed by atoms with Crippen LogP contribution in [0.15, 0.2) is 18.2 Å².